The van der Waals surface area contributed by atoms with E-state index in [4.69, 9.17) is 12.8 Å². The molecule has 0 saturated carbocycles. The quantitative estimate of drug-likeness (QED) is 0.263. The maximum atomic E-state index is 5.65. The van der Waals surface area contributed by atoms with E-state index in [-0.39, 0.29) is 46.0 Å². The predicted octanol–water partition coefficient (Wildman–Crippen LogP) is -1.89. The van der Waals surface area contributed by atoms with Crippen LogP contribution in [0.2, 0.25) is 0 Å². The molecule has 0 aliphatic carbocycles. The Labute approximate surface area is 201 Å². The van der Waals surface area contributed by atoms with Crippen LogP contribution in [-0.4, -0.2) is 0 Å². The van der Waals surface area contributed by atoms with Gasteiger partial charge in [0.1, 0.15) is 0 Å². The molecule has 4 heteroatoms. The smallest absolute Gasteiger partial charge is 0.194 e. The van der Waals surface area contributed by atoms with Gasteiger partial charge in [-0.05, 0) is 25.0 Å². The number of terminal acetylenes is 2. The summed E-state index contributed by atoms with van der Waals surface area (Å²) in [7, 11) is 0. The van der Waals surface area contributed by atoms with Gasteiger partial charge < -0.3 is 34.0 Å². The summed E-state index contributed by atoms with van der Waals surface area (Å²) in [4.78, 5) is 0. The molecule has 30 heavy (non-hydrogen) atoms. The van der Waals surface area contributed by atoms with Gasteiger partial charge in [0.05, 0.1) is 12.8 Å². The second kappa shape index (κ2) is 12.3. The minimum atomic E-state index is 0. The van der Waals surface area contributed by atoms with E-state index >= 15 is 0 Å². The van der Waals surface area contributed by atoms with Gasteiger partial charge in [-0.15, -0.1) is 12.8 Å². The third kappa shape index (κ3) is 6.30. The lowest BCUT2D eigenvalue weighted by molar-refractivity contribution is -0.713. The van der Waals surface area contributed by atoms with Crippen molar-refractivity contribution in [2.45, 2.75) is 38.8 Å². The number of nitrogens with zero attached hydrogens (tertiary/aromatic N) is 2. The number of benzene rings is 1. The summed E-state index contributed by atoms with van der Waals surface area (Å²) in [6.07, 6.45) is 21.0. The van der Waals surface area contributed by atoms with E-state index in [1.807, 2.05) is 0 Å². The second-order valence-electron chi connectivity index (χ2n) is 7.16. The summed E-state index contributed by atoms with van der Waals surface area (Å²) in [6, 6.07) is 17.3. The van der Waals surface area contributed by atoms with Gasteiger partial charge in [-0.2, -0.15) is 9.13 Å². The molecular weight excluding hydrogens is 500 g/mol. The number of aryl methyl sites for hydroxylation is 2. The van der Waals surface area contributed by atoms with Crippen molar-refractivity contribution < 1.29 is 43.1 Å². The number of hydrogen-bond acceptors (Lipinski definition) is 0. The molecule has 2 atom stereocenters. The van der Waals surface area contributed by atoms with Crippen LogP contribution in [0.15, 0.2) is 73.3 Å². The zero-order valence-electron chi connectivity index (χ0n) is 17.3. The summed E-state index contributed by atoms with van der Waals surface area (Å²) in [5, 5.41) is 0. The summed E-state index contributed by atoms with van der Waals surface area (Å²) in [5.74, 6) is 5.63. The van der Waals surface area contributed by atoms with E-state index in [1.165, 1.54) is 22.3 Å². The highest BCUT2D eigenvalue weighted by molar-refractivity contribution is 5.27. The van der Waals surface area contributed by atoms with Gasteiger partial charge in [-0.3, -0.25) is 0 Å². The SMILES string of the molecule is C#CCC(c1ccc(C(CC#C)[n+]2ccc(C)cc2)cc1)[n+]1ccc(C)cc1.[Br-].[Br-]. The average Bonchev–Trinajstić information content (AvgIpc) is 2.72. The highest BCUT2D eigenvalue weighted by atomic mass is 79.9. The van der Waals surface area contributed by atoms with E-state index in [0.717, 1.165) is 0 Å². The molecule has 0 fully saturated rings. The molecule has 2 heterocycles. The molecule has 3 aromatic rings. The van der Waals surface area contributed by atoms with Crippen molar-refractivity contribution in [2.75, 3.05) is 0 Å². The zero-order chi connectivity index (χ0) is 19.9. The van der Waals surface area contributed by atoms with Gasteiger partial charge in [0.2, 0.25) is 0 Å². The molecule has 3 rings (SSSR count). The van der Waals surface area contributed by atoms with Crippen LogP contribution in [0.5, 0.6) is 0 Å². The number of rotatable bonds is 6. The standard InChI is InChI=1S/C26H26N2.2BrH/c1-5-7-25(27-17-13-21(3)14-18-27)23-9-11-24(12-10-23)26(8-6-2)28-19-15-22(4)16-20-28;;/h1-2,9-20,25-26H,7-8H2,3-4H3;2*1H/q+2;;/p-2. The van der Waals surface area contributed by atoms with E-state index in [9.17, 15) is 0 Å². The summed E-state index contributed by atoms with van der Waals surface area (Å²) in [5.41, 5.74) is 4.87. The lowest BCUT2D eigenvalue weighted by Gasteiger charge is -2.14. The fourth-order valence-electron chi connectivity index (χ4n) is 3.39. The van der Waals surface area contributed by atoms with E-state index < -0.39 is 0 Å². The molecule has 1 aromatic carbocycles. The highest BCUT2D eigenvalue weighted by Crippen LogP contribution is 2.21. The molecule has 2 aromatic heterocycles. The molecule has 154 valence electrons. The monoisotopic (exact) mass is 524 g/mol. The summed E-state index contributed by atoms with van der Waals surface area (Å²) in [6.45, 7) is 4.17. The van der Waals surface area contributed by atoms with Gasteiger partial charge in [0, 0.05) is 35.4 Å². The zero-order valence-corrected chi connectivity index (χ0v) is 20.5. The fourth-order valence-corrected chi connectivity index (χ4v) is 3.39. The van der Waals surface area contributed by atoms with Gasteiger partial charge in [0.25, 0.3) is 0 Å². The molecule has 0 radical (unpaired) electrons. The van der Waals surface area contributed by atoms with Gasteiger partial charge >= 0.3 is 0 Å². The first-order valence-corrected chi connectivity index (χ1v) is 9.54. The van der Waals surface area contributed by atoms with Crippen LogP contribution in [0.1, 0.15) is 47.2 Å². The van der Waals surface area contributed by atoms with E-state index in [2.05, 4.69) is 108 Å². The van der Waals surface area contributed by atoms with Crippen LogP contribution < -0.4 is 43.1 Å². The minimum Gasteiger partial charge on any atom is -1.00 e. The Balaban J connectivity index is 0.00000225. The third-order valence-corrected chi connectivity index (χ3v) is 5.09. The van der Waals surface area contributed by atoms with Crippen LogP contribution in [0.3, 0.4) is 0 Å². The molecule has 0 saturated heterocycles. The maximum Gasteiger partial charge on any atom is 0.194 e. The van der Waals surface area contributed by atoms with Gasteiger partial charge in [0.15, 0.2) is 36.9 Å². The Bertz CT molecular complexity index is 911. The number of aromatic nitrogens is 2. The van der Waals surface area contributed by atoms with Crippen molar-refractivity contribution in [1.29, 1.82) is 0 Å². The largest absolute Gasteiger partial charge is 1.00 e. The number of hydrogen-bond donors (Lipinski definition) is 0. The summed E-state index contributed by atoms with van der Waals surface area (Å²) < 4.78 is 4.35. The van der Waals surface area contributed by atoms with E-state index in [0.29, 0.717) is 12.8 Å². The van der Waals surface area contributed by atoms with Crippen molar-refractivity contribution in [3.05, 3.63) is 95.6 Å². The first-order valence-electron chi connectivity index (χ1n) is 9.54. The normalized spacial score (nSPS) is 11.7. The average molecular weight is 526 g/mol. The van der Waals surface area contributed by atoms with Gasteiger partial charge in [-0.25, -0.2) is 0 Å². The van der Waals surface area contributed by atoms with E-state index in [1.54, 1.807) is 0 Å². The predicted molar refractivity (Wildman–Crippen MR) is 112 cm³/mol. The van der Waals surface area contributed by atoms with Crippen molar-refractivity contribution in [3.8, 4) is 24.7 Å². The first-order chi connectivity index (χ1) is 13.6. The van der Waals surface area contributed by atoms with Crippen molar-refractivity contribution in [3.63, 3.8) is 0 Å². The number of pyridine rings is 2. The second-order valence-corrected chi connectivity index (χ2v) is 7.16. The fraction of sp³-hybridized carbons (Fsp3) is 0.231. The van der Waals surface area contributed by atoms with Crippen LogP contribution >= 0.6 is 0 Å². The van der Waals surface area contributed by atoms with Crippen LogP contribution in [0.4, 0.5) is 0 Å². The molecule has 0 spiro atoms. The van der Waals surface area contributed by atoms with Gasteiger partial charge in [-0.1, -0.05) is 36.1 Å². The summed E-state index contributed by atoms with van der Waals surface area (Å²) >= 11 is 0. The topological polar surface area (TPSA) is 7.76 Å². The molecule has 2 nitrogen and oxygen atoms in total. The third-order valence-electron chi connectivity index (χ3n) is 5.09. The Kier molecular flexibility index (Phi) is 10.5. The lowest BCUT2D eigenvalue weighted by Crippen LogP contribution is -3.00. The number of halogens is 2. The van der Waals surface area contributed by atoms with Crippen molar-refractivity contribution >= 4 is 0 Å². The van der Waals surface area contributed by atoms with Crippen LogP contribution in [-0.2, 0) is 0 Å². The molecule has 0 aliphatic heterocycles. The molecule has 0 bridgehead atoms. The molecule has 2 unspecified atom stereocenters. The Morgan fingerprint density at radius 3 is 1.20 bits per heavy atom. The molecule has 0 aliphatic rings. The molecule has 0 N–H and O–H groups in total. The van der Waals surface area contributed by atoms with Crippen LogP contribution in [0, 0.1) is 38.5 Å². The maximum absolute atomic E-state index is 5.65. The molecular formula is C26H26Br2N2. The Hall–Kier alpha value is -2.40. The van der Waals surface area contributed by atoms with Crippen molar-refractivity contribution in [2.24, 2.45) is 0 Å². The van der Waals surface area contributed by atoms with Crippen LogP contribution in [0.25, 0.3) is 0 Å². The van der Waals surface area contributed by atoms with Crippen molar-refractivity contribution in [1.82, 2.24) is 0 Å². The Morgan fingerprint density at radius 2 is 0.933 bits per heavy atom. The Morgan fingerprint density at radius 1 is 0.633 bits per heavy atom. The highest BCUT2D eigenvalue weighted by Gasteiger charge is 2.23. The lowest BCUT2D eigenvalue weighted by atomic mass is 9.97. The molecule has 0 amide bonds. The first kappa shape index (κ1) is 25.6. The minimum absolute atomic E-state index is 0.